The Morgan fingerprint density at radius 2 is 2.21 bits per heavy atom. The molecule has 19 heavy (non-hydrogen) atoms. The van der Waals surface area contributed by atoms with Gasteiger partial charge in [-0.3, -0.25) is 4.79 Å². The van der Waals surface area contributed by atoms with Crippen LogP contribution in [-0.2, 0) is 4.79 Å². The maximum Gasteiger partial charge on any atom is 0.246 e. The highest BCUT2D eigenvalue weighted by Crippen LogP contribution is 2.16. The minimum Gasteiger partial charge on any atom is -0.339 e. The second-order valence-corrected chi connectivity index (χ2v) is 4.88. The fourth-order valence-corrected chi connectivity index (χ4v) is 2.33. The topological polar surface area (TPSA) is 32.3 Å². The van der Waals surface area contributed by atoms with Gasteiger partial charge in [0.05, 0.1) is 0 Å². The highest BCUT2D eigenvalue weighted by Gasteiger charge is 2.24. The fraction of sp³-hybridized carbons (Fsp3) is 0.400. The Balaban J connectivity index is 1.89. The monoisotopic (exact) mass is 262 g/mol. The molecule has 1 aromatic rings. The number of nitrogens with one attached hydrogen (secondary N) is 1. The molecule has 1 heterocycles. The molecule has 0 aliphatic carbocycles. The van der Waals surface area contributed by atoms with Crippen molar-refractivity contribution in [3.05, 3.63) is 41.7 Å². The number of carbonyl (C=O) groups excluding carboxylic acids is 1. The predicted molar refractivity (Wildman–Crippen MR) is 74.0 cm³/mol. The van der Waals surface area contributed by atoms with Crippen molar-refractivity contribution < 1.29 is 9.18 Å². The Morgan fingerprint density at radius 1 is 1.47 bits per heavy atom. The molecule has 102 valence electrons. The Hall–Kier alpha value is -1.68. The summed E-state index contributed by atoms with van der Waals surface area (Å²) in [7, 11) is 1.93. The van der Waals surface area contributed by atoms with Crippen LogP contribution in [0.5, 0.6) is 0 Å². The summed E-state index contributed by atoms with van der Waals surface area (Å²) in [5.74, 6) is 0.314. The van der Waals surface area contributed by atoms with Gasteiger partial charge in [0.1, 0.15) is 5.82 Å². The zero-order valence-corrected chi connectivity index (χ0v) is 11.1. The van der Waals surface area contributed by atoms with Crippen molar-refractivity contribution in [1.29, 1.82) is 0 Å². The van der Waals surface area contributed by atoms with Crippen LogP contribution in [0, 0.1) is 11.7 Å². The van der Waals surface area contributed by atoms with Crippen molar-refractivity contribution in [1.82, 2.24) is 10.2 Å². The largest absolute Gasteiger partial charge is 0.339 e. The molecule has 1 unspecified atom stereocenters. The van der Waals surface area contributed by atoms with Crippen LogP contribution in [0.15, 0.2) is 30.3 Å². The summed E-state index contributed by atoms with van der Waals surface area (Å²) in [4.78, 5) is 13.8. The Bertz CT molecular complexity index is 456. The van der Waals surface area contributed by atoms with E-state index in [9.17, 15) is 9.18 Å². The third kappa shape index (κ3) is 3.89. The van der Waals surface area contributed by atoms with Gasteiger partial charge in [0.2, 0.25) is 5.91 Å². The highest BCUT2D eigenvalue weighted by molar-refractivity contribution is 5.91. The van der Waals surface area contributed by atoms with Crippen molar-refractivity contribution >= 4 is 12.0 Å². The highest BCUT2D eigenvalue weighted by atomic mass is 19.1. The van der Waals surface area contributed by atoms with Crippen LogP contribution in [0.25, 0.3) is 6.08 Å². The van der Waals surface area contributed by atoms with Gasteiger partial charge < -0.3 is 10.2 Å². The first-order chi connectivity index (χ1) is 9.19. The van der Waals surface area contributed by atoms with Crippen LogP contribution < -0.4 is 5.32 Å². The molecule has 1 aromatic carbocycles. The lowest BCUT2D eigenvalue weighted by atomic mass is 10.1. The molecule has 0 radical (unpaired) electrons. The van der Waals surface area contributed by atoms with E-state index in [0.717, 1.165) is 31.6 Å². The van der Waals surface area contributed by atoms with Gasteiger partial charge in [0.15, 0.2) is 0 Å². The molecule has 0 bridgehead atoms. The van der Waals surface area contributed by atoms with Gasteiger partial charge in [-0.05, 0) is 49.7 Å². The van der Waals surface area contributed by atoms with E-state index < -0.39 is 0 Å². The molecule has 1 aliphatic heterocycles. The quantitative estimate of drug-likeness (QED) is 0.841. The third-order valence-corrected chi connectivity index (χ3v) is 3.38. The minimum absolute atomic E-state index is 0.0305. The van der Waals surface area contributed by atoms with E-state index in [2.05, 4.69) is 5.32 Å². The molecule has 2 rings (SSSR count). The number of likely N-dealkylation sites (tertiary alicyclic amines) is 1. The molecule has 4 heteroatoms. The van der Waals surface area contributed by atoms with Crippen molar-refractivity contribution in [2.24, 2.45) is 5.92 Å². The summed E-state index contributed by atoms with van der Waals surface area (Å²) in [5, 5.41) is 3.14. The van der Waals surface area contributed by atoms with Gasteiger partial charge in [-0.2, -0.15) is 0 Å². The Kier molecular flexibility index (Phi) is 4.68. The average Bonchev–Trinajstić information content (AvgIpc) is 2.87. The number of amides is 1. The molecule has 1 amide bonds. The van der Waals surface area contributed by atoms with Crippen molar-refractivity contribution in [3.63, 3.8) is 0 Å². The fourth-order valence-electron chi connectivity index (χ4n) is 2.33. The maximum atomic E-state index is 12.7. The molecule has 1 N–H and O–H groups in total. The van der Waals surface area contributed by atoms with Crippen LogP contribution in [0.1, 0.15) is 12.0 Å². The van der Waals surface area contributed by atoms with Crippen LogP contribution >= 0.6 is 0 Å². The molecule has 0 spiro atoms. The smallest absolute Gasteiger partial charge is 0.246 e. The molecular weight excluding hydrogens is 243 g/mol. The predicted octanol–water partition coefficient (Wildman–Crippen LogP) is 1.91. The number of halogens is 1. The van der Waals surface area contributed by atoms with E-state index in [1.165, 1.54) is 12.1 Å². The molecule has 1 fully saturated rings. The molecule has 0 saturated carbocycles. The van der Waals surface area contributed by atoms with E-state index in [1.54, 1.807) is 24.3 Å². The summed E-state index contributed by atoms with van der Waals surface area (Å²) < 4.78 is 12.7. The standard InChI is InChI=1S/C15H19FN2O/c1-17-10-13-8-9-18(11-13)15(19)7-4-12-2-5-14(16)6-3-12/h2-7,13,17H,8-11H2,1H3/b7-4+. The first-order valence-corrected chi connectivity index (χ1v) is 6.56. The summed E-state index contributed by atoms with van der Waals surface area (Å²) >= 11 is 0. The zero-order valence-electron chi connectivity index (χ0n) is 11.1. The summed E-state index contributed by atoms with van der Waals surface area (Å²) in [6.07, 6.45) is 4.35. The average molecular weight is 262 g/mol. The van der Waals surface area contributed by atoms with Gasteiger partial charge in [0.25, 0.3) is 0 Å². The summed E-state index contributed by atoms with van der Waals surface area (Å²) in [6, 6.07) is 6.10. The minimum atomic E-state index is -0.266. The lowest BCUT2D eigenvalue weighted by Crippen LogP contribution is -2.28. The second kappa shape index (κ2) is 6.48. The SMILES string of the molecule is CNCC1CCN(C(=O)/C=C/c2ccc(F)cc2)C1. The number of hydrogen-bond acceptors (Lipinski definition) is 2. The van der Waals surface area contributed by atoms with E-state index in [1.807, 2.05) is 11.9 Å². The lowest BCUT2D eigenvalue weighted by molar-refractivity contribution is -0.125. The van der Waals surface area contributed by atoms with E-state index >= 15 is 0 Å². The number of carbonyl (C=O) groups is 1. The van der Waals surface area contributed by atoms with Gasteiger partial charge in [0, 0.05) is 19.2 Å². The second-order valence-electron chi connectivity index (χ2n) is 4.88. The van der Waals surface area contributed by atoms with Gasteiger partial charge in [-0.25, -0.2) is 4.39 Å². The Morgan fingerprint density at radius 3 is 2.89 bits per heavy atom. The number of nitrogens with zero attached hydrogens (tertiary/aromatic N) is 1. The Labute approximate surface area is 113 Å². The third-order valence-electron chi connectivity index (χ3n) is 3.38. The van der Waals surface area contributed by atoms with Crippen LogP contribution in [0.2, 0.25) is 0 Å². The molecule has 1 saturated heterocycles. The van der Waals surface area contributed by atoms with Gasteiger partial charge >= 0.3 is 0 Å². The van der Waals surface area contributed by atoms with E-state index in [0.29, 0.717) is 5.92 Å². The van der Waals surface area contributed by atoms with E-state index in [4.69, 9.17) is 0 Å². The normalized spacial score (nSPS) is 19.3. The molecule has 0 aromatic heterocycles. The van der Waals surface area contributed by atoms with Crippen molar-refractivity contribution in [3.8, 4) is 0 Å². The van der Waals surface area contributed by atoms with E-state index in [-0.39, 0.29) is 11.7 Å². The number of benzene rings is 1. The van der Waals surface area contributed by atoms with Gasteiger partial charge in [-0.15, -0.1) is 0 Å². The van der Waals surface area contributed by atoms with Crippen LogP contribution in [0.3, 0.4) is 0 Å². The van der Waals surface area contributed by atoms with Crippen LogP contribution in [0.4, 0.5) is 4.39 Å². The maximum absolute atomic E-state index is 12.7. The molecule has 1 atom stereocenters. The summed E-state index contributed by atoms with van der Waals surface area (Å²) in [6.45, 7) is 2.58. The molecule has 1 aliphatic rings. The summed E-state index contributed by atoms with van der Waals surface area (Å²) in [5.41, 5.74) is 0.834. The van der Waals surface area contributed by atoms with Crippen LogP contribution in [-0.4, -0.2) is 37.5 Å². The van der Waals surface area contributed by atoms with Crippen molar-refractivity contribution in [2.75, 3.05) is 26.7 Å². The first-order valence-electron chi connectivity index (χ1n) is 6.56. The van der Waals surface area contributed by atoms with Crippen molar-refractivity contribution in [2.45, 2.75) is 6.42 Å². The first kappa shape index (κ1) is 13.7. The molecular formula is C15H19FN2O. The number of rotatable bonds is 4. The molecule has 3 nitrogen and oxygen atoms in total. The lowest BCUT2D eigenvalue weighted by Gasteiger charge is -2.14. The zero-order chi connectivity index (χ0) is 13.7. The number of hydrogen-bond donors (Lipinski definition) is 1. The van der Waals surface area contributed by atoms with Gasteiger partial charge in [-0.1, -0.05) is 12.1 Å².